The minimum atomic E-state index is -0.349. The Kier molecular flexibility index (Phi) is 4.75. The summed E-state index contributed by atoms with van der Waals surface area (Å²) in [7, 11) is 3.17. The monoisotopic (exact) mass is 382 g/mol. The van der Waals surface area contributed by atoms with Crippen LogP contribution in [0.2, 0.25) is 10.0 Å². The molecule has 0 aliphatic carbocycles. The molecule has 24 heavy (non-hydrogen) atoms. The quantitative estimate of drug-likeness (QED) is 0.736. The third kappa shape index (κ3) is 3.38. The molecule has 0 aliphatic heterocycles. The molecule has 3 rings (SSSR count). The maximum atomic E-state index is 12.3. The van der Waals surface area contributed by atoms with Gasteiger partial charge in [-0.15, -0.1) is 16.4 Å². The molecule has 1 N–H and O–H groups in total. The largest absolute Gasteiger partial charge is 0.479 e. The van der Waals surface area contributed by atoms with Crippen molar-refractivity contribution in [2.24, 2.45) is 7.05 Å². The summed E-state index contributed by atoms with van der Waals surface area (Å²) in [4.78, 5) is 16.7. The standard InChI is InChI=1S/C15H12Cl2N4O2S/c1-21-6-10(14(20-21)23-2)13(22)19-15-18-12(7-24-15)9-5-8(16)3-4-11(9)17/h3-7H,1-2H3,(H,18,19,22). The van der Waals surface area contributed by atoms with Crippen molar-refractivity contribution in [1.29, 1.82) is 0 Å². The number of ether oxygens (including phenoxy) is 1. The summed E-state index contributed by atoms with van der Waals surface area (Å²) in [5.41, 5.74) is 1.68. The van der Waals surface area contributed by atoms with Crippen LogP contribution in [-0.4, -0.2) is 27.8 Å². The number of benzene rings is 1. The third-order valence-electron chi connectivity index (χ3n) is 3.16. The van der Waals surface area contributed by atoms with Crippen molar-refractivity contribution in [2.45, 2.75) is 0 Å². The molecule has 1 aromatic carbocycles. The maximum Gasteiger partial charge on any atom is 0.264 e. The Bertz CT molecular complexity index is 907. The van der Waals surface area contributed by atoms with Gasteiger partial charge in [0.2, 0.25) is 5.88 Å². The first kappa shape index (κ1) is 16.8. The number of amides is 1. The molecule has 2 heterocycles. The molecule has 0 saturated heterocycles. The van der Waals surface area contributed by atoms with Crippen molar-refractivity contribution in [1.82, 2.24) is 14.8 Å². The van der Waals surface area contributed by atoms with Crippen LogP contribution in [0, 0.1) is 0 Å². The number of methoxy groups -OCH3 is 1. The molecule has 0 radical (unpaired) electrons. The Morgan fingerprint density at radius 1 is 1.38 bits per heavy atom. The van der Waals surface area contributed by atoms with Crippen LogP contribution in [0.4, 0.5) is 5.13 Å². The van der Waals surface area contributed by atoms with Gasteiger partial charge in [-0.05, 0) is 18.2 Å². The molecule has 0 atom stereocenters. The number of hydrogen-bond acceptors (Lipinski definition) is 5. The molecule has 0 aliphatic rings. The van der Waals surface area contributed by atoms with Gasteiger partial charge in [-0.25, -0.2) is 4.98 Å². The van der Waals surface area contributed by atoms with Gasteiger partial charge in [-0.2, -0.15) is 0 Å². The molecule has 6 nitrogen and oxygen atoms in total. The van der Waals surface area contributed by atoms with Crippen LogP contribution in [0.5, 0.6) is 5.88 Å². The zero-order valence-electron chi connectivity index (χ0n) is 12.7. The van der Waals surface area contributed by atoms with E-state index in [2.05, 4.69) is 15.4 Å². The van der Waals surface area contributed by atoms with Crippen LogP contribution in [-0.2, 0) is 7.05 Å². The van der Waals surface area contributed by atoms with Crippen LogP contribution >= 0.6 is 34.5 Å². The summed E-state index contributed by atoms with van der Waals surface area (Å²) in [6, 6.07) is 5.14. The number of aryl methyl sites for hydroxylation is 1. The average Bonchev–Trinajstić information content (AvgIpc) is 3.16. The van der Waals surface area contributed by atoms with Crippen molar-refractivity contribution < 1.29 is 9.53 Å². The van der Waals surface area contributed by atoms with Gasteiger partial charge < -0.3 is 4.74 Å². The van der Waals surface area contributed by atoms with E-state index in [1.165, 1.54) is 23.1 Å². The van der Waals surface area contributed by atoms with E-state index in [1.54, 1.807) is 36.8 Å². The number of carbonyl (C=O) groups is 1. The Balaban J connectivity index is 1.83. The number of halogens is 2. The molecule has 0 bridgehead atoms. The Morgan fingerprint density at radius 3 is 2.92 bits per heavy atom. The van der Waals surface area contributed by atoms with Crippen LogP contribution in [0.15, 0.2) is 29.8 Å². The van der Waals surface area contributed by atoms with E-state index in [-0.39, 0.29) is 11.8 Å². The number of nitrogens with one attached hydrogen (secondary N) is 1. The summed E-state index contributed by atoms with van der Waals surface area (Å²) in [5, 5.41) is 10.1. The van der Waals surface area contributed by atoms with Crippen LogP contribution in [0.1, 0.15) is 10.4 Å². The summed E-state index contributed by atoms with van der Waals surface area (Å²) >= 11 is 13.5. The lowest BCUT2D eigenvalue weighted by Crippen LogP contribution is -2.12. The molecular formula is C15H12Cl2N4O2S. The highest BCUT2D eigenvalue weighted by Gasteiger charge is 2.18. The normalized spacial score (nSPS) is 10.7. The second kappa shape index (κ2) is 6.80. The van der Waals surface area contributed by atoms with Crippen LogP contribution in [0.25, 0.3) is 11.3 Å². The number of rotatable bonds is 4. The molecule has 9 heteroatoms. The van der Waals surface area contributed by atoms with E-state index in [0.717, 1.165) is 0 Å². The fourth-order valence-corrected chi connectivity index (χ4v) is 3.18. The molecule has 2 aromatic heterocycles. The SMILES string of the molecule is COc1nn(C)cc1C(=O)Nc1nc(-c2cc(Cl)ccc2Cl)cs1. The Hall–Kier alpha value is -2.09. The lowest BCUT2D eigenvalue weighted by molar-refractivity contribution is 0.102. The van der Waals surface area contributed by atoms with Crippen LogP contribution < -0.4 is 10.1 Å². The van der Waals surface area contributed by atoms with Crippen molar-refractivity contribution in [3.63, 3.8) is 0 Å². The molecule has 0 saturated carbocycles. The van der Waals surface area contributed by atoms with Gasteiger partial charge in [0.15, 0.2) is 5.13 Å². The maximum absolute atomic E-state index is 12.3. The van der Waals surface area contributed by atoms with Gasteiger partial charge in [0.25, 0.3) is 5.91 Å². The average molecular weight is 383 g/mol. The Labute approximate surface area is 152 Å². The van der Waals surface area contributed by atoms with Gasteiger partial charge in [0.1, 0.15) is 5.56 Å². The van der Waals surface area contributed by atoms with Gasteiger partial charge >= 0.3 is 0 Å². The van der Waals surface area contributed by atoms with E-state index < -0.39 is 0 Å². The minimum Gasteiger partial charge on any atom is -0.479 e. The smallest absolute Gasteiger partial charge is 0.264 e. The van der Waals surface area contributed by atoms with Crippen molar-refractivity contribution in [3.8, 4) is 17.1 Å². The fourth-order valence-electron chi connectivity index (χ4n) is 2.09. The predicted octanol–water partition coefficient (Wildman–Crippen LogP) is 4.11. The zero-order chi connectivity index (χ0) is 17.3. The first-order valence-corrected chi connectivity index (χ1v) is 8.41. The second-order valence-electron chi connectivity index (χ2n) is 4.84. The first-order valence-electron chi connectivity index (χ1n) is 6.78. The topological polar surface area (TPSA) is 69.0 Å². The molecule has 0 spiro atoms. The zero-order valence-corrected chi connectivity index (χ0v) is 15.0. The third-order valence-corrected chi connectivity index (χ3v) is 4.48. The summed E-state index contributed by atoms with van der Waals surface area (Å²) < 4.78 is 6.59. The van der Waals surface area contributed by atoms with E-state index in [4.69, 9.17) is 27.9 Å². The summed E-state index contributed by atoms with van der Waals surface area (Å²) in [6.07, 6.45) is 1.58. The van der Waals surface area contributed by atoms with E-state index in [1.807, 2.05) is 0 Å². The van der Waals surface area contributed by atoms with Gasteiger partial charge in [-0.3, -0.25) is 14.8 Å². The highest BCUT2D eigenvalue weighted by Crippen LogP contribution is 2.32. The molecule has 0 fully saturated rings. The predicted molar refractivity (Wildman–Crippen MR) is 95.3 cm³/mol. The van der Waals surface area contributed by atoms with E-state index >= 15 is 0 Å². The van der Waals surface area contributed by atoms with Gasteiger partial charge in [-0.1, -0.05) is 23.2 Å². The number of hydrogen-bond donors (Lipinski definition) is 1. The fraction of sp³-hybridized carbons (Fsp3) is 0.133. The number of aromatic nitrogens is 3. The minimum absolute atomic E-state index is 0.254. The van der Waals surface area contributed by atoms with E-state index in [9.17, 15) is 4.79 Å². The first-order chi connectivity index (χ1) is 11.5. The molecule has 1 amide bonds. The molecule has 124 valence electrons. The number of carbonyl (C=O) groups excluding carboxylic acids is 1. The highest BCUT2D eigenvalue weighted by atomic mass is 35.5. The lowest BCUT2D eigenvalue weighted by atomic mass is 10.2. The highest BCUT2D eigenvalue weighted by molar-refractivity contribution is 7.14. The lowest BCUT2D eigenvalue weighted by Gasteiger charge is -2.02. The van der Waals surface area contributed by atoms with Crippen molar-refractivity contribution in [3.05, 3.63) is 45.4 Å². The number of anilines is 1. The number of nitrogens with zero attached hydrogens (tertiary/aromatic N) is 3. The molecule has 3 aromatic rings. The van der Waals surface area contributed by atoms with Crippen LogP contribution in [0.3, 0.4) is 0 Å². The van der Waals surface area contributed by atoms with Crippen molar-refractivity contribution in [2.75, 3.05) is 12.4 Å². The van der Waals surface area contributed by atoms with Gasteiger partial charge in [0.05, 0.1) is 17.8 Å². The second-order valence-corrected chi connectivity index (χ2v) is 6.54. The van der Waals surface area contributed by atoms with Crippen molar-refractivity contribution >= 4 is 45.6 Å². The number of thiazole rings is 1. The molecule has 0 unspecified atom stereocenters. The van der Waals surface area contributed by atoms with Gasteiger partial charge in [0, 0.05) is 29.2 Å². The summed E-state index contributed by atoms with van der Waals surface area (Å²) in [6.45, 7) is 0. The Morgan fingerprint density at radius 2 is 2.17 bits per heavy atom. The molecular weight excluding hydrogens is 371 g/mol. The summed E-state index contributed by atoms with van der Waals surface area (Å²) in [5.74, 6) is -0.0947. The van der Waals surface area contributed by atoms with E-state index in [0.29, 0.717) is 32.0 Å².